The molecule has 0 unspecified atom stereocenters. The van der Waals surface area contributed by atoms with Crippen LogP contribution in [-0.2, 0) is 38.2 Å². The largest absolute Gasteiger partial charge is 0.300 e. The Hall–Kier alpha value is -0.780. The first-order chi connectivity index (χ1) is 15.8. The fourth-order valence-corrected chi connectivity index (χ4v) is 9.83. The van der Waals surface area contributed by atoms with Gasteiger partial charge in [0.15, 0.2) is 5.78 Å². The molecule has 4 aliphatic rings. The summed E-state index contributed by atoms with van der Waals surface area (Å²) in [6.45, 7) is 5.25. The molecule has 0 radical (unpaired) electrons. The lowest BCUT2D eigenvalue weighted by Crippen LogP contribution is -2.72. The van der Waals surface area contributed by atoms with Gasteiger partial charge in [0, 0.05) is 17.3 Å². The van der Waals surface area contributed by atoms with Crippen molar-refractivity contribution in [3.63, 3.8) is 0 Å². The average molecular weight is 570 g/mol. The van der Waals surface area contributed by atoms with Gasteiger partial charge in [0.05, 0.1) is 22.8 Å². The molecule has 196 valence electrons. The summed E-state index contributed by atoms with van der Waals surface area (Å²) in [7, 11) is -8.25. The first-order valence-corrected chi connectivity index (χ1v) is 15.8. The van der Waals surface area contributed by atoms with Crippen LogP contribution in [0.25, 0.3) is 0 Å². The van der Waals surface area contributed by atoms with Gasteiger partial charge in [-0.15, -0.1) is 23.2 Å². The van der Waals surface area contributed by atoms with Crippen LogP contribution in [0, 0.1) is 28.6 Å². The molecule has 3 fully saturated rings. The third-order valence-electron chi connectivity index (χ3n) is 8.69. The third kappa shape index (κ3) is 4.16. The molecule has 4 aliphatic carbocycles. The van der Waals surface area contributed by atoms with E-state index >= 15 is 0 Å². The summed E-state index contributed by atoms with van der Waals surface area (Å²) in [6.07, 6.45) is 4.60. The lowest BCUT2D eigenvalue weighted by atomic mass is 9.45. The van der Waals surface area contributed by atoms with E-state index in [2.05, 4.69) is 0 Å². The summed E-state index contributed by atoms with van der Waals surface area (Å²) in [5.74, 6) is -1.84. The molecule has 0 amide bonds. The van der Waals surface area contributed by atoms with Gasteiger partial charge < -0.3 is 0 Å². The van der Waals surface area contributed by atoms with Crippen molar-refractivity contribution >= 4 is 55.0 Å². The monoisotopic (exact) mass is 568 g/mol. The summed E-state index contributed by atoms with van der Waals surface area (Å²) >= 11 is 14.6. The highest BCUT2D eigenvalue weighted by Crippen LogP contribution is 2.71. The van der Waals surface area contributed by atoms with Crippen LogP contribution in [0.5, 0.6) is 0 Å². The molecule has 0 aromatic rings. The van der Waals surface area contributed by atoms with Gasteiger partial charge in [0.2, 0.25) is 0 Å². The van der Waals surface area contributed by atoms with E-state index in [1.807, 2.05) is 6.92 Å². The van der Waals surface area contributed by atoms with Crippen LogP contribution in [-0.4, -0.2) is 63.4 Å². The van der Waals surface area contributed by atoms with Crippen molar-refractivity contribution in [1.29, 1.82) is 0 Å². The molecule has 0 saturated heterocycles. The highest BCUT2D eigenvalue weighted by molar-refractivity contribution is 7.86. The molecule has 35 heavy (non-hydrogen) atoms. The summed E-state index contributed by atoms with van der Waals surface area (Å²) in [4.78, 5) is 23.6. The molecule has 3 saturated carbocycles. The van der Waals surface area contributed by atoms with Crippen molar-refractivity contribution < 1.29 is 34.8 Å². The van der Waals surface area contributed by atoms with Gasteiger partial charge in [0.25, 0.3) is 20.2 Å². The number of carbonyl (C=O) groups excluding carboxylic acids is 2. The smallest absolute Gasteiger partial charge is 0.265 e. The van der Waals surface area contributed by atoms with Gasteiger partial charge >= 0.3 is 0 Å². The van der Waals surface area contributed by atoms with Crippen molar-refractivity contribution in [2.75, 3.05) is 12.5 Å². The topological polar surface area (TPSA) is 121 Å². The van der Waals surface area contributed by atoms with Crippen molar-refractivity contribution in [1.82, 2.24) is 0 Å². The predicted octanol–water partition coefficient (Wildman–Crippen LogP) is 2.99. The molecule has 0 bridgehead atoms. The van der Waals surface area contributed by atoms with Gasteiger partial charge in [0.1, 0.15) is 18.0 Å². The van der Waals surface area contributed by atoms with Crippen LogP contribution in [0.4, 0.5) is 0 Å². The van der Waals surface area contributed by atoms with E-state index in [0.717, 1.165) is 12.5 Å². The van der Waals surface area contributed by atoms with Crippen LogP contribution in [0.1, 0.15) is 40.0 Å². The molecule has 0 heterocycles. The fraction of sp³-hybridized carbons (Fsp3) is 0.739. The minimum atomic E-state index is -4.13. The van der Waals surface area contributed by atoms with E-state index in [-0.39, 0.29) is 23.2 Å². The number of rotatable bonds is 5. The number of fused-ring (bicyclic) bond motifs is 5. The maximum absolute atomic E-state index is 12.6. The number of allylic oxidation sites excluding steroid dienone is 3. The zero-order chi connectivity index (χ0) is 26.4. The van der Waals surface area contributed by atoms with Gasteiger partial charge in [-0.2, -0.15) is 16.8 Å². The van der Waals surface area contributed by atoms with E-state index in [9.17, 15) is 26.4 Å². The van der Waals surface area contributed by atoms with E-state index in [0.29, 0.717) is 19.3 Å². The summed E-state index contributed by atoms with van der Waals surface area (Å²) in [5, 5.41) is -0.758. The summed E-state index contributed by atoms with van der Waals surface area (Å²) in [5.41, 5.74) is -1.56. The lowest BCUT2D eigenvalue weighted by Gasteiger charge is -2.65. The Morgan fingerprint density at radius 1 is 1.09 bits per heavy atom. The number of hydrogen-bond acceptors (Lipinski definition) is 8. The molecular formula is C23H30Cl2O8S2. The number of carbonyl (C=O) groups is 2. The number of hydrogen-bond donors (Lipinski definition) is 0. The standard InChI is InChI=1S/C23H30Cl2O8S2/c1-12(26)14-6-7-15-18-20(33-35(5,30)31)19(32-34(4,28)29)16-10-13(27)8-9-22(16,3)23(18,25)17(24)11-21(14,15)2/h8-10,14-15,17-20H,6-7,11H2,1-5H3/t14-,15+,17+,18-,19+,20-,21-,22+,23-/m1/s1. The van der Waals surface area contributed by atoms with Gasteiger partial charge in [-0.05, 0) is 55.2 Å². The molecular weight excluding hydrogens is 539 g/mol. The predicted molar refractivity (Wildman–Crippen MR) is 131 cm³/mol. The molecule has 0 aromatic heterocycles. The van der Waals surface area contributed by atoms with Crippen molar-refractivity contribution in [3.8, 4) is 0 Å². The Kier molecular flexibility index (Phi) is 6.51. The summed E-state index contributed by atoms with van der Waals surface area (Å²) < 4.78 is 60.7. The molecule has 8 nitrogen and oxygen atoms in total. The third-order valence-corrected chi connectivity index (χ3v) is 11.3. The molecule has 9 atom stereocenters. The van der Waals surface area contributed by atoms with Crippen molar-refractivity contribution in [2.45, 2.75) is 62.5 Å². The van der Waals surface area contributed by atoms with Crippen molar-refractivity contribution in [3.05, 3.63) is 23.8 Å². The number of halogens is 2. The van der Waals surface area contributed by atoms with E-state index < -0.39 is 65.2 Å². The minimum absolute atomic E-state index is 0.0104. The van der Waals surface area contributed by atoms with Gasteiger partial charge in [-0.25, -0.2) is 0 Å². The zero-order valence-electron chi connectivity index (χ0n) is 20.2. The fourth-order valence-electron chi connectivity index (χ4n) is 7.39. The second-order valence-corrected chi connectivity index (χ2v) is 15.2. The Balaban J connectivity index is 2.02. The van der Waals surface area contributed by atoms with Crippen LogP contribution < -0.4 is 0 Å². The highest BCUT2D eigenvalue weighted by atomic mass is 35.5. The van der Waals surface area contributed by atoms with Gasteiger partial charge in [-0.1, -0.05) is 19.9 Å². The Bertz CT molecular complexity index is 1240. The van der Waals surface area contributed by atoms with Crippen LogP contribution >= 0.6 is 23.2 Å². The van der Waals surface area contributed by atoms with Crippen molar-refractivity contribution in [2.24, 2.45) is 28.6 Å². The minimum Gasteiger partial charge on any atom is -0.300 e. The van der Waals surface area contributed by atoms with E-state index in [1.165, 1.54) is 19.1 Å². The SMILES string of the molecule is CC(=O)[C@H]1CC[C@H]2[C@@H]3[C@@H](OS(C)(=O)=O)[C@@H](OS(C)(=O)=O)C4=CC(=O)C=C[C@]4(C)[C@@]3(Cl)[C@@H](Cl)C[C@]12C. The van der Waals surface area contributed by atoms with E-state index in [1.54, 1.807) is 13.0 Å². The Labute approximate surface area is 216 Å². The van der Waals surface area contributed by atoms with Crippen LogP contribution in [0.2, 0.25) is 0 Å². The zero-order valence-corrected chi connectivity index (χ0v) is 23.3. The normalized spacial score (nSPS) is 45.3. The maximum atomic E-state index is 12.6. The first-order valence-electron chi connectivity index (χ1n) is 11.4. The number of alkyl halides is 2. The first kappa shape index (κ1) is 27.3. The Morgan fingerprint density at radius 3 is 2.23 bits per heavy atom. The second-order valence-electron chi connectivity index (χ2n) is 10.8. The van der Waals surface area contributed by atoms with Crippen LogP contribution in [0.3, 0.4) is 0 Å². The lowest BCUT2D eigenvalue weighted by molar-refractivity contribution is -0.132. The number of Topliss-reactive ketones (excluding diaryl/α,β-unsaturated/α-hetero) is 1. The average Bonchev–Trinajstić information content (AvgIpc) is 3.02. The quantitative estimate of drug-likeness (QED) is 0.366. The molecule has 0 N–H and O–H groups in total. The highest BCUT2D eigenvalue weighted by Gasteiger charge is 2.74. The van der Waals surface area contributed by atoms with Crippen LogP contribution in [0.15, 0.2) is 23.8 Å². The summed E-state index contributed by atoms with van der Waals surface area (Å²) in [6, 6.07) is 0. The van der Waals surface area contributed by atoms with Gasteiger partial charge in [-0.3, -0.25) is 18.0 Å². The number of ketones is 2. The Morgan fingerprint density at radius 2 is 1.69 bits per heavy atom. The second kappa shape index (κ2) is 8.36. The molecule has 0 aromatic carbocycles. The van der Waals surface area contributed by atoms with E-state index in [4.69, 9.17) is 31.6 Å². The maximum Gasteiger partial charge on any atom is 0.265 e. The molecule has 12 heteroatoms. The molecule has 0 aliphatic heterocycles. The molecule has 4 rings (SSSR count). The molecule has 0 spiro atoms.